The second-order valence-electron chi connectivity index (χ2n) is 4.37. The Morgan fingerprint density at radius 3 is 2.76 bits per heavy atom. The SMILES string of the molecule is COc1ccc([C@@H]2CCCN2CC(N)=O)cc1. The van der Waals surface area contributed by atoms with Crippen LogP contribution in [0.15, 0.2) is 24.3 Å². The van der Waals surface area contributed by atoms with Crippen LogP contribution in [0, 0.1) is 0 Å². The number of primary amides is 1. The molecule has 1 aliphatic heterocycles. The highest BCUT2D eigenvalue weighted by Gasteiger charge is 2.26. The van der Waals surface area contributed by atoms with Gasteiger partial charge >= 0.3 is 0 Å². The molecule has 1 aromatic rings. The van der Waals surface area contributed by atoms with Gasteiger partial charge in [0.2, 0.25) is 5.91 Å². The summed E-state index contributed by atoms with van der Waals surface area (Å²) in [6.45, 7) is 1.29. The van der Waals surface area contributed by atoms with E-state index in [9.17, 15) is 4.79 Å². The zero-order chi connectivity index (χ0) is 12.3. The maximum absolute atomic E-state index is 11.0. The van der Waals surface area contributed by atoms with E-state index in [2.05, 4.69) is 17.0 Å². The van der Waals surface area contributed by atoms with Crippen molar-refractivity contribution in [1.82, 2.24) is 4.90 Å². The zero-order valence-corrected chi connectivity index (χ0v) is 10.1. The third-order valence-corrected chi connectivity index (χ3v) is 3.22. The largest absolute Gasteiger partial charge is 0.497 e. The lowest BCUT2D eigenvalue weighted by atomic mass is 10.0. The van der Waals surface area contributed by atoms with Crippen LogP contribution in [0.4, 0.5) is 0 Å². The predicted octanol–water partition coefficient (Wildman–Crippen LogP) is 1.32. The maximum atomic E-state index is 11.0. The summed E-state index contributed by atoms with van der Waals surface area (Å²) in [6.07, 6.45) is 2.20. The lowest BCUT2D eigenvalue weighted by molar-refractivity contribution is -0.119. The van der Waals surface area contributed by atoms with E-state index in [0.717, 1.165) is 25.1 Å². The summed E-state index contributed by atoms with van der Waals surface area (Å²) in [5.41, 5.74) is 6.48. The fourth-order valence-electron chi connectivity index (χ4n) is 2.42. The van der Waals surface area contributed by atoms with Gasteiger partial charge in [0, 0.05) is 6.04 Å². The Kier molecular flexibility index (Phi) is 3.64. The monoisotopic (exact) mass is 234 g/mol. The van der Waals surface area contributed by atoms with E-state index >= 15 is 0 Å². The third-order valence-electron chi connectivity index (χ3n) is 3.22. The number of rotatable bonds is 4. The molecule has 0 radical (unpaired) electrons. The van der Waals surface area contributed by atoms with E-state index in [1.807, 2.05) is 12.1 Å². The Hall–Kier alpha value is -1.55. The fraction of sp³-hybridized carbons (Fsp3) is 0.462. The molecule has 1 amide bonds. The van der Waals surface area contributed by atoms with Crippen molar-refractivity contribution in [3.63, 3.8) is 0 Å². The van der Waals surface area contributed by atoms with Gasteiger partial charge in [0.05, 0.1) is 13.7 Å². The topological polar surface area (TPSA) is 55.6 Å². The highest BCUT2D eigenvalue weighted by molar-refractivity contribution is 5.76. The molecule has 17 heavy (non-hydrogen) atoms. The molecule has 1 saturated heterocycles. The second kappa shape index (κ2) is 5.19. The van der Waals surface area contributed by atoms with Crippen LogP contribution in [-0.4, -0.2) is 31.0 Å². The molecule has 1 fully saturated rings. The van der Waals surface area contributed by atoms with Crippen LogP contribution in [-0.2, 0) is 4.79 Å². The average Bonchev–Trinajstić information content (AvgIpc) is 2.76. The van der Waals surface area contributed by atoms with Crippen molar-refractivity contribution in [2.75, 3.05) is 20.2 Å². The molecule has 4 nitrogen and oxygen atoms in total. The van der Waals surface area contributed by atoms with Crippen molar-refractivity contribution in [3.05, 3.63) is 29.8 Å². The first-order valence-corrected chi connectivity index (χ1v) is 5.87. The minimum absolute atomic E-state index is 0.259. The lowest BCUT2D eigenvalue weighted by Crippen LogP contribution is -2.33. The smallest absolute Gasteiger partial charge is 0.231 e. The third kappa shape index (κ3) is 2.77. The number of methoxy groups -OCH3 is 1. The van der Waals surface area contributed by atoms with Gasteiger partial charge in [-0.25, -0.2) is 0 Å². The molecular formula is C13H18N2O2. The highest BCUT2D eigenvalue weighted by Crippen LogP contribution is 2.32. The van der Waals surface area contributed by atoms with Crippen LogP contribution in [0.3, 0.4) is 0 Å². The van der Waals surface area contributed by atoms with E-state index in [0.29, 0.717) is 12.6 Å². The van der Waals surface area contributed by atoms with Crippen LogP contribution < -0.4 is 10.5 Å². The number of nitrogens with zero attached hydrogens (tertiary/aromatic N) is 1. The van der Waals surface area contributed by atoms with E-state index in [1.54, 1.807) is 7.11 Å². The van der Waals surface area contributed by atoms with Gasteiger partial charge in [-0.15, -0.1) is 0 Å². The fourth-order valence-corrected chi connectivity index (χ4v) is 2.42. The van der Waals surface area contributed by atoms with E-state index in [-0.39, 0.29) is 5.91 Å². The standard InChI is InChI=1S/C13H18N2O2/c1-17-11-6-4-10(5-7-11)12-3-2-8-15(12)9-13(14)16/h4-7,12H,2-3,8-9H2,1H3,(H2,14,16)/t12-/m0/s1. The Bertz CT molecular complexity index is 389. The molecule has 0 spiro atoms. The van der Waals surface area contributed by atoms with Gasteiger partial charge in [0.1, 0.15) is 5.75 Å². The predicted molar refractivity (Wildman–Crippen MR) is 65.7 cm³/mol. The van der Waals surface area contributed by atoms with Gasteiger partial charge in [0.25, 0.3) is 0 Å². The lowest BCUT2D eigenvalue weighted by Gasteiger charge is -2.23. The van der Waals surface area contributed by atoms with Crippen LogP contribution >= 0.6 is 0 Å². The van der Waals surface area contributed by atoms with Crippen molar-refractivity contribution in [2.24, 2.45) is 5.73 Å². The second-order valence-corrected chi connectivity index (χ2v) is 4.37. The van der Waals surface area contributed by atoms with Crippen molar-refractivity contribution >= 4 is 5.91 Å². The molecule has 1 atom stereocenters. The quantitative estimate of drug-likeness (QED) is 0.854. The highest BCUT2D eigenvalue weighted by atomic mass is 16.5. The summed E-state index contributed by atoms with van der Waals surface area (Å²) in [4.78, 5) is 13.1. The van der Waals surface area contributed by atoms with E-state index in [4.69, 9.17) is 10.5 Å². The molecule has 0 bridgehead atoms. The molecule has 0 saturated carbocycles. The van der Waals surface area contributed by atoms with Gasteiger partial charge in [-0.2, -0.15) is 0 Å². The Labute approximate surface area is 101 Å². The number of carbonyl (C=O) groups excluding carboxylic acids is 1. The maximum Gasteiger partial charge on any atom is 0.231 e. The van der Waals surface area contributed by atoms with Gasteiger partial charge in [-0.3, -0.25) is 9.69 Å². The van der Waals surface area contributed by atoms with Crippen molar-refractivity contribution < 1.29 is 9.53 Å². The molecule has 0 unspecified atom stereocenters. The van der Waals surface area contributed by atoms with Gasteiger partial charge in [0.15, 0.2) is 0 Å². The number of benzene rings is 1. The van der Waals surface area contributed by atoms with Crippen molar-refractivity contribution in [1.29, 1.82) is 0 Å². The Morgan fingerprint density at radius 2 is 2.18 bits per heavy atom. The Morgan fingerprint density at radius 1 is 1.47 bits per heavy atom. The zero-order valence-electron chi connectivity index (χ0n) is 10.1. The minimum Gasteiger partial charge on any atom is -0.497 e. The number of amides is 1. The number of likely N-dealkylation sites (tertiary alicyclic amines) is 1. The summed E-state index contributed by atoms with van der Waals surface area (Å²) in [5.74, 6) is 0.596. The van der Waals surface area contributed by atoms with Crippen LogP contribution in [0.2, 0.25) is 0 Å². The van der Waals surface area contributed by atoms with E-state index in [1.165, 1.54) is 5.56 Å². The molecular weight excluding hydrogens is 216 g/mol. The molecule has 92 valence electrons. The number of hydrogen-bond donors (Lipinski definition) is 1. The summed E-state index contributed by atoms with van der Waals surface area (Å²) in [5, 5.41) is 0. The molecule has 4 heteroatoms. The number of ether oxygens (including phenoxy) is 1. The van der Waals surface area contributed by atoms with Gasteiger partial charge < -0.3 is 10.5 Å². The number of carbonyl (C=O) groups is 1. The van der Waals surface area contributed by atoms with Crippen molar-refractivity contribution in [2.45, 2.75) is 18.9 Å². The molecule has 2 rings (SSSR count). The molecule has 2 N–H and O–H groups in total. The summed E-state index contributed by atoms with van der Waals surface area (Å²) in [7, 11) is 1.66. The van der Waals surface area contributed by atoms with Crippen LogP contribution in [0.25, 0.3) is 0 Å². The van der Waals surface area contributed by atoms with Gasteiger partial charge in [-0.05, 0) is 37.1 Å². The number of nitrogens with two attached hydrogens (primary N) is 1. The van der Waals surface area contributed by atoms with Gasteiger partial charge in [-0.1, -0.05) is 12.1 Å². The molecule has 1 aliphatic rings. The average molecular weight is 234 g/mol. The normalized spacial score (nSPS) is 20.4. The first-order valence-electron chi connectivity index (χ1n) is 5.87. The summed E-state index contributed by atoms with van der Waals surface area (Å²) >= 11 is 0. The van der Waals surface area contributed by atoms with Crippen LogP contribution in [0.5, 0.6) is 5.75 Å². The first-order chi connectivity index (χ1) is 8.20. The summed E-state index contributed by atoms with van der Waals surface area (Å²) < 4.78 is 5.14. The van der Waals surface area contributed by atoms with Crippen molar-refractivity contribution in [3.8, 4) is 5.75 Å². The van der Waals surface area contributed by atoms with E-state index < -0.39 is 0 Å². The first kappa shape index (κ1) is 11.9. The number of hydrogen-bond acceptors (Lipinski definition) is 3. The molecule has 1 aromatic carbocycles. The minimum atomic E-state index is -0.259. The Balaban J connectivity index is 2.11. The summed E-state index contributed by atoms with van der Waals surface area (Å²) in [6, 6.07) is 8.34. The van der Waals surface area contributed by atoms with Crippen LogP contribution in [0.1, 0.15) is 24.4 Å². The molecule has 0 aliphatic carbocycles. The molecule has 1 heterocycles. The molecule has 0 aromatic heterocycles.